The Hall–Kier alpha value is -0.780. The van der Waals surface area contributed by atoms with Crippen LogP contribution in [0.1, 0.15) is 39.0 Å². The van der Waals surface area contributed by atoms with Gasteiger partial charge in [0.2, 0.25) is 0 Å². The van der Waals surface area contributed by atoms with E-state index >= 15 is 0 Å². The van der Waals surface area contributed by atoms with E-state index in [1.807, 2.05) is 0 Å². The second-order valence-electron chi connectivity index (χ2n) is 4.63. The molecule has 0 radical (unpaired) electrons. The summed E-state index contributed by atoms with van der Waals surface area (Å²) in [7, 11) is 0. The molecule has 0 aromatic carbocycles. The Bertz CT molecular complexity index is 269. The van der Waals surface area contributed by atoms with Crippen molar-refractivity contribution < 1.29 is 22.7 Å². The van der Waals surface area contributed by atoms with E-state index in [0.29, 0.717) is 13.0 Å². The van der Waals surface area contributed by atoms with Crippen molar-refractivity contribution in [2.75, 3.05) is 13.2 Å². The Balaban J connectivity index is 2.28. The van der Waals surface area contributed by atoms with Gasteiger partial charge in [-0.1, -0.05) is 6.42 Å². The third kappa shape index (κ3) is 5.71. The summed E-state index contributed by atoms with van der Waals surface area (Å²) in [6.07, 6.45) is -1.91. The Morgan fingerprint density at radius 2 is 2.11 bits per heavy atom. The lowest BCUT2D eigenvalue weighted by molar-refractivity contribution is -0.149. The van der Waals surface area contributed by atoms with Gasteiger partial charge in [0.15, 0.2) is 0 Å². The van der Waals surface area contributed by atoms with E-state index < -0.39 is 12.6 Å². The maximum atomic E-state index is 12.0. The van der Waals surface area contributed by atoms with Gasteiger partial charge in [-0.05, 0) is 26.2 Å². The lowest BCUT2D eigenvalue weighted by Gasteiger charge is -2.28. The second-order valence-corrected chi connectivity index (χ2v) is 4.63. The summed E-state index contributed by atoms with van der Waals surface area (Å²) >= 11 is 0. The van der Waals surface area contributed by atoms with Gasteiger partial charge in [-0.15, -0.1) is 0 Å². The van der Waals surface area contributed by atoms with Crippen LogP contribution >= 0.6 is 0 Å². The van der Waals surface area contributed by atoms with E-state index in [1.165, 1.54) is 0 Å². The van der Waals surface area contributed by atoms with Crippen LogP contribution in [0, 0.1) is 5.92 Å². The van der Waals surface area contributed by atoms with Gasteiger partial charge < -0.3 is 10.1 Å². The number of nitrogens with one attached hydrogen (secondary N) is 1. The van der Waals surface area contributed by atoms with Crippen LogP contribution in [0.5, 0.6) is 0 Å². The molecule has 0 bridgehead atoms. The maximum absolute atomic E-state index is 12.0. The molecule has 0 heterocycles. The number of esters is 1. The number of rotatable bonds is 5. The average molecular weight is 267 g/mol. The predicted molar refractivity (Wildman–Crippen MR) is 61.1 cm³/mol. The molecule has 0 saturated heterocycles. The molecule has 3 nitrogen and oxygen atoms in total. The first kappa shape index (κ1) is 15.3. The molecule has 1 rings (SSSR count). The average Bonchev–Trinajstić information content (AvgIpc) is 2.28. The molecule has 1 aliphatic carbocycles. The van der Waals surface area contributed by atoms with Crippen molar-refractivity contribution in [3.05, 3.63) is 0 Å². The van der Waals surface area contributed by atoms with E-state index in [-0.39, 0.29) is 24.5 Å². The summed E-state index contributed by atoms with van der Waals surface area (Å²) in [5.41, 5.74) is 0. The minimum Gasteiger partial charge on any atom is -0.466 e. The van der Waals surface area contributed by atoms with Crippen molar-refractivity contribution in [3.8, 4) is 0 Å². The van der Waals surface area contributed by atoms with Crippen LogP contribution in [0.15, 0.2) is 0 Å². The standard InChI is InChI=1S/C12H20F3NO2/c1-2-18-11(17)9-4-3-5-10(8-9)16-7-6-12(13,14)15/h9-10,16H,2-8H2,1H3. The second kappa shape index (κ2) is 6.97. The third-order valence-electron chi connectivity index (χ3n) is 3.14. The van der Waals surface area contributed by atoms with Crippen LogP contribution < -0.4 is 5.32 Å². The molecule has 2 atom stereocenters. The molecule has 6 heteroatoms. The summed E-state index contributed by atoms with van der Waals surface area (Å²) in [5, 5.41) is 2.88. The number of ether oxygens (including phenoxy) is 1. The van der Waals surface area contributed by atoms with E-state index in [4.69, 9.17) is 4.74 Å². The highest BCUT2D eigenvalue weighted by molar-refractivity contribution is 5.72. The Morgan fingerprint density at radius 3 is 2.72 bits per heavy atom. The minimum absolute atomic E-state index is 0.00416. The van der Waals surface area contributed by atoms with E-state index in [9.17, 15) is 18.0 Å². The summed E-state index contributed by atoms with van der Waals surface area (Å²) in [4.78, 5) is 11.5. The van der Waals surface area contributed by atoms with Gasteiger partial charge in [0, 0.05) is 12.6 Å². The molecular formula is C12H20F3NO2. The lowest BCUT2D eigenvalue weighted by atomic mass is 9.85. The van der Waals surface area contributed by atoms with E-state index in [2.05, 4.69) is 5.32 Å². The molecule has 1 N–H and O–H groups in total. The van der Waals surface area contributed by atoms with E-state index in [1.54, 1.807) is 6.92 Å². The molecule has 106 valence electrons. The molecule has 0 aliphatic heterocycles. The molecule has 0 spiro atoms. The van der Waals surface area contributed by atoms with Crippen molar-refractivity contribution in [2.24, 2.45) is 5.92 Å². The SMILES string of the molecule is CCOC(=O)C1CCCC(NCCC(F)(F)F)C1. The quantitative estimate of drug-likeness (QED) is 0.778. The third-order valence-corrected chi connectivity index (χ3v) is 3.14. The molecule has 0 aromatic rings. The number of carbonyl (C=O) groups excluding carboxylic acids is 1. The molecule has 0 amide bonds. The smallest absolute Gasteiger partial charge is 0.390 e. The zero-order chi connectivity index (χ0) is 13.6. The highest BCUT2D eigenvalue weighted by atomic mass is 19.4. The maximum Gasteiger partial charge on any atom is 0.390 e. The van der Waals surface area contributed by atoms with Crippen molar-refractivity contribution >= 4 is 5.97 Å². The zero-order valence-electron chi connectivity index (χ0n) is 10.6. The van der Waals surface area contributed by atoms with Gasteiger partial charge in [-0.3, -0.25) is 4.79 Å². The first-order valence-corrected chi connectivity index (χ1v) is 6.39. The van der Waals surface area contributed by atoms with Crippen LogP contribution in [0.25, 0.3) is 0 Å². The summed E-state index contributed by atoms with van der Waals surface area (Å²) < 4.78 is 40.9. The molecule has 0 aromatic heterocycles. The van der Waals surface area contributed by atoms with E-state index in [0.717, 1.165) is 19.3 Å². The highest BCUT2D eigenvalue weighted by Crippen LogP contribution is 2.26. The van der Waals surface area contributed by atoms with Crippen molar-refractivity contribution in [1.29, 1.82) is 0 Å². The molecular weight excluding hydrogens is 247 g/mol. The molecule has 1 fully saturated rings. The minimum atomic E-state index is -4.12. The first-order chi connectivity index (χ1) is 8.42. The lowest BCUT2D eigenvalue weighted by Crippen LogP contribution is -2.38. The number of hydrogen-bond donors (Lipinski definition) is 1. The van der Waals surface area contributed by atoms with Crippen LogP contribution in [0.3, 0.4) is 0 Å². The van der Waals surface area contributed by atoms with Crippen molar-refractivity contribution in [2.45, 2.75) is 51.2 Å². The van der Waals surface area contributed by atoms with Gasteiger partial charge in [-0.25, -0.2) is 0 Å². The molecule has 1 aliphatic rings. The number of hydrogen-bond acceptors (Lipinski definition) is 3. The molecule has 2 unspecified atom stereocenters. The van der Waals surface area contributed by atoms with Crippen LogP contribution in [0.4, 0.5) is 13.2 Å². The van der Waals surface area contributed by atoms with Gasteiger partial charge in [0.05, 0.1) is 18.9 Å². The highest BCUT2D eigenvalue weighted by Gasteiger charge is 2.30. The Labute approximate surface area is 105 Å². The Kier molecular flexibility index (Phi) is 5.91. The van der Waals surface area contributed by atoms with Crippen molar-refractivity contribution in [3.63, 3.8) is 0 Å². The number of alkyl halides is 3. The van der Waals surface area contributed by atoms with Crippen LogP contribution in [-0.4, -0.2) is 31.3 Å². The van der Waals surface area contributed by atoms with Crippen LogP contribution in [0.2, 0.25) is 0 Å². The topological polar surface area (TPSA) is 38.3 Å². The first-order valence-electron chi connectivity index (χ1n) is 6.39. The summed E-state index contributed by atoms with van der Waals surface area (Å²) in [6.45, 7) is 2.02. The van der Waals surface area contributed by atoms with Gasteiger partial charge in [-0.2, -0.15) is 13.2 Å². The summed E-state index contributed by atoms with van der Waals surface area (Å²) in [6, 6.07) is -0.00416. The fourth-order valence-electron chi connectivity index (χ4n) is 2.27. The largest absolute Gasteiger partial charge is 0.466 e. The van der Waals surface area contributed by atoms with Crippen molar-refractivity contribution in [1.82, 2.24) is 5.32 Å². The van der Waals surface area contributed by atoms with Crippen LogP contribution in [-0.2, 0) is 9.53 Å². The summed E-state index contributed by atoms with van der Waals surface area (Å²) in [5.74, 6) is -0.387. The molecule has 18 heavy (non-hydrogen) atoms. The van der Waals surface area contributed by atoms with Gasteiger partial charge >= 0.3 is 12.1 Å². The number of halogens is 3. The van der Waals surface area contributed by atoms with Gasteiger partial charge in [0.1, 0.15) is 0 Å². The fraction of sp³-hybridized carbons (Fsp3) is 0.917. The van der Waals surface area contributed by atoms with Gasteiger partial charge in [0.25, 0.3) is 0 Å². The predicted octanol–water partition coefficient (Wildman–Crippen LogP) is 2.65. The monoisotopic (exact) mass is 267 g/mol. The molecule has 1 saturated carbocycles. The normalized spacial score (nSPS) is 24.9. The zero-order valence-corrected chi connectivity index (χ0v) is 10.6. The Morgan fingerprint density at radius 1 is 1.39 bits per heavy atom. The fourth-order valence-corrected chi connectivity index (χ4v) is 2.27. The number of carbonyl (C=O) groups is 1.